The number of fused-ring (bicyclic) bond motifs is 3. The maximum atomic E-state index is 13.3. The molecule has 2 aliphatic rings. The fourth-order valence-electron chi connectivity index (χ4n) is 5.26. The van der Waals surface area contributed by atoms with Gasteiger partial charge in [-0.1, -0.05) is 48.5 Å². The van der Waals surface area contributed by atoms with E-state index in [9.17, 15) is 14.7 Å². The number of rotatable bonds is 5. The second-order valence-electron chi connectivity index (χ2n) is 8.95. The lowest BCUT2D eigenvalue weighted by atomic mass is 9.86. The fourth-order valence-corrected chi connectivity index (χ4v) is 5.26. The zero-order valence-corrected chi connectivity index (χ0v) is 18.4. The minimum atomic E-state index is -1.27. The van der Waals surface area contributed by atoms with E-state index in [2.05, 4.69) is 24.3 Å². The second-order valence-corrected chi connectivity index (χ2v) is 8.95. The van der Waals surface area contributed by atoms with Gasteiger partial charge in [0.1, 0.15) is 6.61 Å². The highest BCUT2D eigenvalue weighted by Crippen LogP contribution is 2.44. The Labute approximate surface area is 183 Å². The number of amides is 1. The molecule has 31 heavy (non-hydrogen) atoms. The zero-order valence-electron chi connectivity index (χ0n) is 18.4. The van der Waals surface area contributed by atoms with Gasteiger partial charge < -0.3 is 14.7 Å². The summed E-state index contributed by atoms with van der Waals surface area (Å²) < 4.78 is 5.83. The van der Waals surface area contributed by atoms with Crippen LogP contribution in [0, 0.1) is 0 Å². The van der Waals surface area contributed by atoms with Crippen LogP contribution in [0.2, 0.25) is 0 Å². The number of carbonyl (C=O) groups is 2. The highest BCUT2D eigenvalue weighted by Gasteiger charge is 2.50. The Morgan fingerprint density at radius 3 is 2.23 bits per heavy atom. The lowest BCUT2D eigenvalue weighted by Crippen LogP contribution is -2.66. The summed E-state index contributed by atoms with van der Waals surface area (Å²) in [5.41, 5.74) is 3.33. The van der Waals surface area contributed by atoms with Crippen LogP contribution in [0.25, 0.3) is 11.1 Å². The van der Waals surface area contributed by atoms with E-state index in [-0.39, 0.29) is 18.6 Å². The maximum absolute atomic E-state index is 13.3. The molecule has 6 heteroatoms. The molecular weight excluding hydrogens is 392 g/mol. The topological polar surface area (TPSA) is 70.1 Å². The molecule has 4 rings (SSSR count). The first kappa shape index (κ1) is 21.4. The van der Waals surface area contributed by atoms with E-state index in [0.29, 0.717) is 13.0 Å². The van der Waals surface area contributed by atoms with E-state index >= 15 is 0 Å². The van der Waals surface area contributed by atoms with Crippen molar-refractivity contribution in [2.75, 3.05) is 26.7 Å². The molecule has 0 radical (unpaired) electrons. The van der Waals surface area contributed by atoms with Crippen molar-refractivity contribution >= 4 is 12.1 Å². The molecule has 1 amide bonds. The third-order valence-electron chi connectivity index (χ3n) is 6.57. The van der Waals surface area contributed by atoms with Crippen LogP contribution in [0.3, 0.4) is 0 Å². The van der Waals surface area contributed by atoms with Crippen LogP contribution in [0.5, 0.6) is 0 Å². The number of aliphatic carboxylic acids is 1. The molecule has 0 spiro atoms. The van der Waals surface area contributed by atoms with Gasteiger partial charge in [-0.15, -0.1) is 0 Å². The number of likely N-dealkylation sites (N-methyl/N-ethyl adjacent to an activating group) is 1. The van der Waals surface area contributed by atoms with Gasteiger partial charge in [-0.3, -0.25) is 4.90 Å². The number of nitrogens with zero attached hydrogens (tertiary/aromatic N) is 2. The average molecular weight is 423 g/mol. The molecule has 1 saturated heterocycles. The number of hydrogen-bond donors (Lipinski definition) is 1. The van der Waals surface area contributed by atoms with Crippen molar-refractivity contribution in [1.82, 2.24) is 9.80 Å². The molecule has 0 bridgehead atoms. The Balaban J connectivity index is 1.59. The third-order valence-corrected chi connectivity index (χ3v) is 6.57. The summed E-state index contributed by atoms with van der Waals surface area (Å²) in [5, 5.41) is 10.1. The van der Waals surface area contributed by atoms with E-state index in [1.165, 1.54) is 4.90 Å². The number of likely N-dealkylation sites (tertiary alicyclic amines) is 1. The summed E-state index contributed by atoms with van der Waals surface area (Å²) in [6, 6.07) is 16.1. The number of piperidine rings is 1. The molecule has 164 valence electrons. The maximum Gasteiger partial charge on any atom is 0.411 e. The Morgan fingerprint density at radius 2 is 1.71 bits per heavy atom. The summed E-state index contributed by atoms with van der Waals surface area (Å²) >= 11 is 0. The summed E-state index contributed by atoms with van der Waals surface area (Å²) in [6.07, 6.45) is 0.590. The largest absolute Gasteiger partial charge is 0.479 e. The van der Waals surface area contributed by atoms with Crippen LogP contribution >= 0.6 is 0 Å². The van der Waals surface area contributed by atoms with Crippen LogP contribution < -0.4 is 0 Å². The summed E-state index contributed by atoms with van der Waals surface area (Å²) in [6.45, 7) is 5.00. The SMILES string of the molecule is CC(C)N(C(=O)OCC1c2ccccc2-c2ccccc21)C1(C(=O)O)CCCN(C)C1. The van der Waals surface area contributed by atoms with Gasteiger partial charge in [-0.05, 0) is 62.5 Å². The van der Waals surface area contributed by atoms with E-state index < -0.39 is 17.6 Å². The van der Waals surface area contributed by atoms with Crippen LogP contribution in [-0.2, 0) is 9.53 Å². The molecule has 2 aromatic rings. The van der Waals surface area contributed by atoms with Gasteiger partial charge >= 0.3 is 12.1 Å². The van der Waals surface area contributed by atoms with Gasteiger partial charge in [0.2, 0.25) is 0 Å². The normalized spacial score (nSPS) is 20.9. The molecule has 1 heterocycles. The Kier molecular flexibility index (Phi) is 5.75. The van der Waals surface area contributed by atoms with Crippen molar-refractivity contribution in [2.45, 2.75) is 44.2 Å². The van der Waals surface area contributed by atoms with Crippen LogP contribution in [0.15, 0.2) is 48.5 Å². The van der Waals surface area contributed by atoms with Gasteiger partial charge in [-0.2, -0.15) is 0 Å². The molecule has 1 aliphatic carbocycles. The number of carboxylic acids is 1. The summed E-state index contributed by atoms with van der Waals surface area (Å²) in [5.74, 6) is -1.03. The second kappa shape index (κ2) is 8.35. The predicted molar refractivity (Wildman–Crippen MR) is 119 cm³/mol. The molecule has 1 fully saturated rings. The van der Waals surface area contributed by atoms with Crippen molar-refractivity contribution in [2.24, 2.45) is 0 Å². The van der Waals surface area contributed by atoms with Gasteiger partial charge in [0.25, 0.3) is 0 Å². The van der Waals surface area contributed by atoms with Crippen molar-refractivity contribution in [3.05, 3.63) is 59.7 Å². The van der Waals surface area contributed by atoms with Crippen molar-refractivity contribution < 1.29 is 19.4 Å². The van der Waals surface area contributed by atoms with Crippen molar-refractivity contribution in [3.8, 4) is 11.1 Å². The molecule has 0 aromatic heterocycles. The molecular formula is C25H30N2O4. The fraction of sp³-hybridized carbons (Fsp3) is 0.440. The van der Waals surface area contributed by atoms with E-state index in [1.807, 2.05) is 50.1 Å². The lowest BCUT2D eigenvalue weighted by molar-refractivity contribution is -0.155. The minimum Gasteiger partial charge on any atom is -0.479 e. The highest BCUT2D eigenvalue weighted by molar-refractivity contribution is 5.85. The molecule has 1 unspecified atom stereocenters. The molecule has 1 atom stereocenters. The number of carboxylic acid groups (broad SMARTS) is 1. The smallest absolute Gasteiger partial charge is 0.411 e. The molecule has 6 nitrogen and oxygen atoms in total. The van der Waals surface area contributed by atoms with Crippen LogP contribution in [0.1, 0.15) is 43.7 Å². The number of benzene rings is 2. The first-order valence-electron chi connectivity index (χ1n) is 10.9. The molecule has 2 aromatic carbocycles. The third kappa shape index (κ3) is 3.69. The highest BCUT2D eigenvalue weighted by atomic mass is 16.6. The first-order valence-corrected chi connectivity index (χ1v) is 10.9. The quantitative estimate of drug-likeness (QED) is 0.782. The van der Waals surface area contributed by atoms with Gasteiger partial charge in [0, 0.05) is 18.5 Å². The minimum absolute atomic E-state index is 0.0554. The Hall–Kier alpha value is -2.86. The molecule has 0 saturated carbocycles. The van der Waals surface area contributed by atoms with Crippen LogP contribution in [0.4, 0.5) is 4.79 Å². The van der Waals surface area contributed by atoms with Crippen LogP contribution in [-0.4, -0.2) is 65.3 Å². The van der Waals surface area contributed by atoms with Gasteiger partial charge in [0.05, 0.1) is 0 Å². The van der Waals surface area contributed by atoms with E-state index in [4.69, 9.17) is 4.74 Å². The van der Waals surface area contributed by atoms with E-state index in [0.717, 1.165) is 35.2 Å². The lowest BCUT2D eigenvalue weighted by Gasteiger charge is -2.46. The molecule has 1 aliphatic heterocycles. The predicted octanol–water partition coefficient (Wildman–Crippen LogP) is 4.19. The van der Waals surface area contributed by atoms with E-state index in [1.54, 1.807) is 0 Å². The van der Waals surface area contributed by atoms with Crippen molar-refractivity contribution in [3.63, 3.8) is 0 Å². The number of carbonyl (C=O) groups excluding carboxylic acids is 1. The van der Waals surface area contributed by atoms with Crippen molar-refractivity contribution in [1.29, 1.82) is 0 Å². The average Bonchev–Trinajstić information content (AvgIpc) is 3.06. The summed E-state index contributed by atoms with van der Waals surface area (Å²) in [7, 11) is 1.90. The zero-order chi connectivity index (χ0) is 22.2. The number of hydrogen-bond acceptors (Lipinski definition) is 4. The summed E-state index contributed by atoms with van der Waals surface area (Å²) in [4.78, 5) is 29.1. The van der Waals surface area contributed by atoms with Gasteiger partial charge in [-0.25, -0.2) is 9.59 Å². The number of ether oxygens (including phenoxy) is 1. The monoisotopic (exact) mass is 422 g/mol. The molecule has 1 N–H and O–H groups in total. The Bertz CT molecular complexity index is 943. The Morgan fingerprint density at radius 1 is 1.13 bits per heavy atom. The first-order chi connectivity index (χ1) is 14.8. The van der Waals surface area contributed by atoms with Gasteiger partial charge in [0.15, 0.2) is 5.54 Å². The standard InChI is InChI=1S/C25H30N2O4/c1-17(2)27(25(23(28)29)13-8-14-26(3)16-25)24(30)31-15-22-20-11-6-4-9-18(20)19-10-5-7-12-21(19)22/h4-7,9-12,17,22H,8,13-16H2,1-3H3,(H,28,29).